The van der Waals surface area contributed by atoms with Crippen molar-refractivity contribution in [1.29, 1.82) is 0 Å². The van der Waals surface area contributed by atoms with E-state index in [9.17, 15) is 0 Å². The highest BCUT2D eigenvalue weighted by Crippen LogP contribution is 2.35. The monoisotopic (exact) mass is 393 g/mol. The van der Waals surface area contributed by atoms with Crippen LogP contribution in [0.15, 0.2) is 93.3 Å². The van der Waals surface area contributed by atoms with E-state index in [2.05, 4.69) is 39.5 Å². The van der Waals surface area contributed by atoms with Gasteiger partial charge in [-0.2, -0.15) is 15.3 Å². The van der Waals surface area contributed by atoms with Gasteiger partial charge in [-0.05, 0) is 68.1 Å². The van der Waals surface area contributed by atoms with Crippen molar-refractivity contribution < 1.29 is 0 Å². The van der Waals surface area contributed by atoms with Crippen LogP contribution in [0, 0.1) is 20.8 Å². The minimum absolute atomic E-state index is 0.608. The molecule has 0 fully saturated rings. The molecule has 4 aromatic carbocycles. The van der Waals surface area contributed by atoms with Gasteiger partial charge in [0.25, 0.3) is 0 Å². The Labute approximate surface area is 176 Å². The Morgan fingerprint density at radius 2 is 1.30 bits per heavy atom. The first-order valence-corrected chi connectivity index (χ1v) is 9.79. The van der Waals surface area contributed by atoms with Gasteiger partial charge in [-0.15, -0.1) is 5.11 Å². The molecule has 0 aliphatic heterocycles. The number of benzene rings is 4. The Hall–Kier alpha value is -3.86. The molecule has 0 aliphatic carbocycles. The van der Waals surface area contributed by atoms with Crippen LogP contribution in [0.2, 0.25) is 0 Å². The highest BCUT2D eigenvalue weighted by atomic mass is 15.1. The van der Waals surface area contributed by atoms with Crippen LogP contribution < -0.4 is 5.73 Å². The van der Waals surface area contributed by atoms with Gasteiger partial charge in [0.2, 0.25) is 0 Å². The third kappa shape index (κ3) is 4.25. The predicted molar refractivity (Wildman–Crippen MR) is 124 cm³/mol. The molecule has 0 radical (unpaired) electrons. The molecular weight excluding hydrogens is 370 g/mol. The van der Waals surface area contributed by atoms with Crippen molar-refractivity contribution in [3.63, 3.8) is 0 Å². The lowest BCUT2D eigenvalue weighted by Crippen LogP contribution is -1.86. The summed E-state index contributed by atoms with van der Waals surface area (Å²) in [5, 5.41) is 19.6. The summed E-state index contributed by atoms with van der Waals surface area (Å²) in [6.45, 7) is 6.09. The van der Waals surface area contributed by atoms with Crippen molar-refractivity contribution in [1.82, 2.24) is 0 Å². The molecule has 0 unspecified atom stereocenters. The quantitative estimate of drug-likeness (QED) is 0.275. The summed E-state index contributed by atoms with van der Waals surface area (Å²) in [5.74, 6) is 0. The molecular formula is C25H23N5. The number of rotatable bonds is 4. The van der Waals surface area contributed by atoms with E-state index in [4.69, 9.17) is 5.73 Å². The number of anilines is 1. The molecule has 4 rings (SSSR count). The molecule has 2 N–H and O–H groups in total. The molecule has 30 heavy (non-hydrogen) atoms. The summed E-state index contributed by atoms with van der Waals surface area (Å²) in [6, 6.07) is 23.8. The fourth-order valence-corrected chi connectivity index (χ4v) is 3.21. The summed E-state index contributed by atoms with van der Waals surface area (Å²) in [5.41, 5.74) is 13.2. The van der Waals surface area contributed by atoms with Crippen LogP contribution in [0.1, 0.15) is 16.7 Å². The second-order valence-corrected chi connectivity index (χ2v) is 7.43. The summed E-state index contributed by atoms with van der Waals surface area (Å²) in [6.07, 6.45) is 0. The van der Waals surface area contributed by atoms with Crippen molar-refractivity contribution in [3.05, 3.63) is 89.5 Å². The largest absolute Gasteiger partial charge is 0.397 e. The average Bonchev–Trinajstić information content (AvgIpc) is 2.74. The van der Waals surface area contributed by atoms with Crippen LogP contribution in [0.3, 0.4) is 0 Å². The Morgan fingerprint density at radius 3 is 2.07 bits per heavy atom. The van der Waals surface area contributed by atoms with E-state index in [-0.39, 0.29) is 0 Å². The molecule has 0 aliphatic rings. The molecule has 0 saturated heterocycles. The molecule has 4 aromatic rings. The van der Waals surface area contributed by atoms with Gasteiger partial charge in [-0.3, -0.25) is 0 Å². The highest BCUT2D eigenvalue weighted by molar-refractivity contribution is 5.98. The zero-order chi connectivity index (χ0) is 21.1. The summed E-state index contributed by atoms with van der Waals surface area (Å²) < 4.78 is 0. The van der Waals surface area contributed by atoms with Gasteiger partial charge in [-0.1, -0.05) is 47.5 Å². The maximum Gasteiger partial charge on any atom is 0.116 e. The Bertz CT molecular complexity index is 1270. The third-order valence-corrected chi connectivity index (χ3v) is 4.93. The zero-order valence-electron chi connectivity index (χ0n) is 17.3. The van der Waals surface area contributed by atoms with Crippen molar-refractivity contribution in [2.75, 3.05) is 5.73 Å². The first kappa shape index (κ1) is 19.5. The molecule has 0 saturated carbocycles. The first-order chi connectivity index (χ1) is 14.5. The minimum atomic E-state index is 0.608. The lowest BCUT2D eigenvalue weighted by atomic mass is 10.1. The lowest BCUT2D eigenvalue weighted by molar-refractivity contribution is 1.19. The smallest absolute Gasteiger partial charge is 0.116 e. The number of nitrogens with two attached hydrogens (primary N) is 1. The highest BCUT2D eigenvalue weighted by Gasteiger charge is 2.06. The van der Waals surface area contributed by atoms with E-state index in [1.165, 1.54) is 11.1 Å². The zero-order valence-corrected chi connectivity index (χ0v) is 17.3. The number of hydrogen-bond donors (Lipinski definition) is 1. The molecule has 0 amide bonds. The van der Waals surface area contributed by atoms with Crippen LogP contribution >= 0.6 is 0 Å². The van der Waals surface area contributed by atoms with Gasteiger partial charge in [0.1, 0.15) is 5.69 Å². The number of nitrogen functional groups attached to an aromatic ring is 1. The average molecular weight is 393 g/mol. The Morgan fingerprint density at radius 1 is 0.600 bits per heavy atom. The van der Waals surface area contributed by atoms with E-state index in [1.54, 1.807) is 0 Å². The van der Waals surface area contributed by atoms with Gasteiger partial charge >= 0.3 is 0 Å². The van der Waals surface area contributed by atoms with Crippen LogP contribution in [0.4, 0.5) is 28.4 Å². The molecule has 0 atom stereocenters. The van der Waals surface area contributed by atoms with Crippen molar-refractivity contribution in [2.45, 2.75) is 20.8 Å². The Balaban J connectivity index is 1.60. The van der Waals surface area contributed by atoms with E-state index >= 15 is 0 Å². The third-order valence-electron chi connectivity index (χ3n) is 4.93. The van der Waals surface area contributed by atoms with Gasteiger partial charge in [0.15, 0.2) is 0 Å². The van der Waals surface area contributed by atoms with E-state index in [0.29, 0.717) is 11.4 Å². The SMILES string of the molecule is Cc1ccc(N=Nc2ccc(N=Nc3c(N)ccc4cc(C)ccc34)c(C)c2)cc1. The van der Waals surface area contributed by atoms with E-state index in [1.807, 2.05) is 74.5 Å². The number of hydrogen-bond acceptors (Lipinski definition) is 5. The van der Waals surface area contributed by atoms with Gasteiger partial charge in [-0.25, -0.2) is 0 Å². The second kappa shape index (κ2) is 8.25. The standard InChI is InChI=1S/C25H23N5/c1-16-4-8-20(9-5-16)27-28-21-10-13-24(18(3)15-21)29-30-25-22-11-6-17(2)14-19(22)7-12-23(25)26/h4-15H,26H2,1-3H3. The maximum atomic E-state index is 6.17. The second-order valence-electron chi connectivity index (χ2n) is 7.43. The molecule has 0 bridgehead atoms. The normalized spacial score (nSPS) is 11.7. The fourth-order valence-electron chi connectivity index (χ4n) is 3.21. The number of aryl methyl sites for hydroxylation is 3. The van der Waals surface area contributed by atoms with Crippen molar-refractivity contribution in [3.8, 4) is 0 Å². The summed E-state index contributed by atoms with van der Waals surface area (Å²) in [7, 11) is 0. The molecule has 0 aromatic heterocycles. The molecule has 0 heterocycles. The topological polar surface area (TPSA) is 75.5 Å². The summed E-state index contributed by atoms with van der Waals surface area (Å²) >= 11 is 0. The van der Waals surface area contributed by atoms with Crippen LogP contribution in [-0.2, 0) is 0 Å². The van der Waals surface area contributed by atoms with Gasteiger partial charge < -0.3 is 5.73 Å². The van der Waals surface area contributed by atoms with E-state index in [0.717, 1.165) is 33.4 Å². The van der Waals surface area contributed by atoms with Crippen molar-refractivity contribution >= 4 is 39.2 Å². The number of fused-ring (bicyclic) bond motifs is 1. The van der Waals surface area contributed by atoms with Crippen molar-refractivity contribution in [2.24, 2.45) is 20.5 Å². The van der Waals surface area contributed by atoms with Gasteiger partial charge in [0, 0.05) is 5.39 Å². The molecule has 5 heteroatoms. The predicted octanol–water partition coefficient (Wildman–Crippen LogP) is 8.18. The van der Waals surface area contributed by atoms with Crippen LogP contribution in [0.5, 0.6) is 0 Å². The lowest BCUT2D eigenvalue weighted by Gasteiger charge is -2.06. The van der Waals surface area contributed by atoms with Gasteiger partial charge in [0.05, 0.1) is 22.7 Å². The Kier molecular flexibility index (Phi) is 5.35. The molecule has 0 spiro atoms. The maximum absolute atomic E-state index is 6.17. The number of nitrogens with zero attached hydrogens (tertiary/aromatic N) is 4. The summed E-state index contributed by atoms with van der Waals surface area (Å²) in [4.78, 5) is 0. The van der Waals surface area contributed by atoms with Crippen LogP contribution in [0.25, 0.3) is 10.8 Å². The van der Waals surface area contributed by atoms with E-state index < -0.39 is 0 Å². The minimum Gasteiger partial charge on any atom is -0.397 e. The van der Waals surface area contributed by atoms with Crippen LogP contribution in [-0.4, -0.2) is 0 Å². The fraction of sp³-hybridized carbons (Fsp3) is 0.120. The molecule has 148 valence electrons. The number of azo groups is 2. The first-order valence-electron chi connectivity index (χ1n) is 9.79. The molecule has 5 nitrogen and oxygen atoms in total.